The number of carbonyl (C=O) groups is 3. The summed E-state index contributed by atoms with van der Waals surface area (Å²) in [6, 6.07) is 6.38. The summed E-state index contributed by atoms with van der Waals surface area (Å²) in [5.41, 5.74) is 1.03. The molecule has 3 amide bonds. The van der Waals surface area contributed by atoms with Crippen LogP contribution in [0.25, 0.3) is 0 Å². The molecular formula is C13H10N2O3. The number of benzene rings is 1. The number of carbonyl (C=O) groups excluding carboxylic acids is 3. The van der Waals surface area contributed by atoms with Crippen LogP contribution in [0.4, 0.5) is 11.4 Å². The zero-order valence-electron chi connectivity index (χ0n) is 9.42. The van der Waals surface area contributed by atoms with Gasteiger partial charge in [0.25, 0.3) is 11.8 Å². The summed E-state index contributed by atoms with van der Waals surface area (Å²) in [6.45, 7) is 3.34. The number of hydrogen-bond acceptors (Lipinski definition) is 3. The van der Waals surface area contributed by atoms with Crippen LogP contribution in [-0.4, -0.2) is 17.7 Å². The van der Waals surface area contributed by atoms with Crippen LogP contribution in [0.2, 0.25) is 0 Å². The zero-order chi connectivity index (χ0) is 13.1. The lowest BCUT2D eigenvalue weighted by Gasteiger charge is -2.14. The average molecular weight is 242 g/mol. The standard InChI is InChI=1S/C13H10N2O3/c1-2-11(16)14-9-3-5-10(6-4-9)15-12(17)7-8-13(15)18/h2-8H,1H2,(H,14,16). The van der Waals surface area contributed by atoms with E-state index >= 15 is 0 Å². The fourth-order valence-electron chi connectivity index (χ4n) is 1.54. The van der Waals surface area contributed by atoms with E-state index in [0.717, 1.165) is 11.0 Å². The van der Waals surface area contributed by atoms with Crippen LogP contribution < -0.4 is 10.2 Å². The minimum Gasteiger partial charge on any atom is -0.323 e. The Kier molecular flexibility index (Phi) is 3.05. The molecule has 1 aliphatic heterocycles. The third-order valence-corrected chi connectivity index (χ3v) is 2.39. The fourth-order valence-corrected chi connectivity index (χ4v) is 1.54. The molecule has 0 spiro atoms. The van der Waals surface area contributed by atoms with Crippen LogP contribution in [0.5, 0.6) is 0 Å². The Morgan fingerprint density at radius 3 is 2.17 bits per heavy atom. The summed E-state index contributed by atoms with van der Waals surface area (Å²) in [4.78, 5) is 35.0. The predicted octanol–water partition coefficient (Wildman–Crippen LogP) is 1.24. The summed E-state index contributed by atoms with van der Waals surface area (Å²) in [5.74, 6) is -1.07. The first kappa shape index (κ1) is 11.8. The predicted molar refractivity (Wildman–Crippen MR) is 66.9 cm³/mol. The van der Waals surface area contributed by atoms with Crippen LogP contribution in [0.15, 0.2) is 49.1 Å². The molecule has 2 rings (SSSR count). The van der Waals surface area contributed by atoms with Gasteiger partial charge < -0.3 is 5.32 Å². The minimum absolute atomic E-state index is 0.322. The molecule has 18 heavy (non-hydrogen) atoms. The molecule has 1 aromatic rings. The molecule has 1 N–H and O–H groups in total. The van der Waals surface area contributed by atoms with Gasteiger partial charge in [0.1, 0.15) is 0 Å². The van der Waals surface area contributed by atoms with Gasteiger partial charge in [0, 0.05) is 17.8 Å². The van der Waals surface area contributed by atoms with Crippen molar-refractivity contribution in [1.82, 2.24) is 0 Å². The molecule has 1 aliphatic rings. The van der Waals surface area contributed by atoms with Crippen molar-refractivity contribution >= 4 is 29.1 Å². The summed E-state index contributed by atoms with van der Waals surface area (Å²) in [7, 11) is 0. The van der Waals surface area contributed by atoms with Crippen LogP contribution in [0.3, 0.4) is 0 Å². The number of nitrogens with one attached hydrogen (secondary N) is 1. The van der Waals surface area contributed by atoms with Gasteiger partial charge >= 0.3 is 0 Å². The maximum atomic E-state index is 11.4. The highest BCUT2D eigenvalue weighted by molar-refractivity contribution is 6.28. The SMILES string of the molecule is C=CC(=O)Nc1ccc(N2C(=O)C=CC2=O)cc1. The van der Waals surface area contributed by atoms with Gasteiger partial charge in [0.2, 0.25) is 5.91 Å². The first-order valence-corrected chi connectivity index (χ1v) is 5.21. The highest BCUT2D eigenvalue weighted by Crippen LogP contribution is 2.21. The Morgan fingerprint density at radius 1 is 1.11 bits per heavy atom. The Morgan fingerprint density at radius 2 is 1.67 bits per heavy atom. The van der Waals surface area contributed by atoms with E-state index in [9.17, 15) is 14.4 Å². The monoisotopic (exact) mass is 242 g/mol. The second-order valence-corrected chi connectivity index (χ2v) is 3.59. The van der Waals surface area contributed by atoms with Gasteiger partial charge in [-0.1, -0.05) is 6.58 Å². The van der Waals surface area contributed by atoms with Crippen molar-refractivity contribution in [2.75, 3.05) is 10.2 Å². The minimum atomic E-state index is -0.372. The Balaban J connectivity index is 2.18. The number of amides is 3. The summed E-state index contributed by atoms with van der Waals surface area (Å²) >= 11 is 0. The van der Waals surface area contributed by atoms with Crippen LogP contribution in [0, 0.1) is 0 Å². The van der Waals surface area contributed by atoms with E-state index in [-0.39, 0.29) is 17.7 Å². The maximum Gasteiger partial charge on any atom is 0.258 e. The maximum absolute atomic E-state index is 11.4. The number of nitrogens with zero attached hydrogens (tertiary/aromatic N) is 1. The molecule has 0 aromatic heterocycles. The molecule has 0 fully saturated rings. The highest BCUT2D eigenvalue weighted by atomic mass is 16.2. The largest absolute Gasteiger partial charge is 0.323 e. The molecule has 0 radical (unpaired) electrons. The molecule has 5 nitrogen and oxygen atoms in total. The third kappa shape index (κ3) is 2.20. The van der Waals surface area contributed by atoms with Crippen molar-refractivity contribution in [2.45, 2.75) is 0 Å². The van der Waals surface area contributed by atoms with Gasteiger partial charge in [-0.3, -0.25) is 14.4 Å². The number of rotatable bonds is 3. The van der Waals surface area contributed by atoms with E-state index in [1.807, 2.05) is 0 Å². The Bertz CT molecular complexity index is 540. The summed E-state index contributed by atoms with van der Waals surface area (Å²) in [6.07, 6.45) is 3.59. The lowest BCUT2D eigenvalue weighted by atomic mass is 10.2. The molecule has 0 bridgehead atoms. The van der Waals surface area contributed by atoms with Gasteiger partial charge in [-0.15, -0.1) is 0 Å². The smallest absolute Gasteiger partial charge is 0.258 e. The third-order valence-electron chi connectivity index (χ3n) is 2.39. The quantitative estimate of drug-likeness (QED) is 0.640. The van der Waals surface area contributed by atoms with Gasteiger partial charge in [0.05, 0.1) is 5.69 Å². The fraction of sp³-hybridized carbons (Fsp3) is 0. The summed E-state index contributed by atoms with van der Waals surface area (Å²) in [5, 5.41) is 2.57. The summed E-state index contributed by atoms with van der Waals surface area (Å²) < 4.78 is 0. The van der Waals surface area contributed by atoms with Gasteiger partial charge in [0.15, 0.2) is 0 Å². The van der Waals surface area contributed by atoms with Gasteiger partial charge in [-0.25, -0.2) is 4.90 Å². The van der Waals surface area contributed by atoms with Crippen LogP contribution in [0.1, 0.15) is 0 Å². The molecule has 90 valence electrons. The number of anilines is 2. The lowest BCUT2D eigenvalue weighted by molar-refractivity contribution is -0.120. The van der Waals surface area contributed by atoms with E-state index in [1.54, 1.807) is 24.3 Å². The van der Waals surface area contributed by atoms with Crippen molar-refractivity contribution < 1.29 is 14.4 Å². The molecule has 0 atom stereocenters. The van der Waals surface area contributed by atoms with Crippen molar-refractivity contribution in [1.29, 1.82) is 0 Å². The van der Waals surface area contributed by atoms with E-state index in [2.05, 4.69) is 11.9 Å². The van der Waals surface area contributed by atoms with Crippen molar-refractivity contribution in [2.24, 2.45) is 0 Å². The van der Waals surface area contributed by atoms with Crippen LogP contribution in [-0.2, 0) is 14.4 Å². The second-order valence-electron chi connectivity index (χ2n) is 3.59. The lowest BCUT2D eigenvalue weighted by Crippen LogP contribution is -2.29. The first-order valence-electron chi connectivity index (χ1n) is 5.21. The van der Waals surface area contributed by atoms with Gasteiger partial charge in [-0.05, 0) is 30.3 Å². The first-order chi connectivity index (χ1) is 8.61. The van der Waals surface area contributed by atoms with Crippen LogP contribution >= 0.6 is 0 Å². The zero-order valence-corrected chi connectivity index (χ0v) is 9.42. The molecule has 0 aliphatic carbocycles. The Hall–Kier alpha value is -2.69. The molecular weight excluding hydrogens is 232 g/mol. The molecule has 1 heterocycles. The average Bonchev–Trinajstić information content (AvgIpc) is 2.70. The van der Waals surface area contributed by atoms with E-state index < -0.39 is 0 Å². The van der Waals surface area contributed by atoms with Crippen molar-refractivity contribution in [3.63, 3.8) is 0 Å². The molecule has 1 aromatic carbocycles. The normalized spacial score (nSPS) is 13.9. The van der Waals surface area contributed by atoms with Crippen molar-refractivity contribution in [3.05, 3.63) is 49.1 Å². The Labute approximate surface area is 103 Å². The van der Waals surface area contributed by atoms with Gasteiger partial charge in [-0.2, -0.15) is 0 Å². The number of hydrogen-bond donors (Lipinski definition) is 1. The molecule has 0 saturated heterocycles. The van der Waals surface area contributed by atoms with E-state index in [1.165, 1.54) is 12.2 Å². The van der Waals surface area contributed by atoms with E-state index in [0.29, 0.717) is 11.4 Å². The molecule has 0 unspecified atom stereocenters. The van der Waals surface area contributed by atoms with Crippen molar-refractivity contribution in [3.8, 4) is 0 Å². The highest BCUT2D eigenvalue weighted by Gasteiger charge is 2.24. The molecule has 0 saturated carbocycles. The molecule has 5 heteroatoms. The van der Waals surface area contributed by atoms with E-state index in [4.69, 9.17) is 0 Å². The topological polar surface area (TPSA) is 66.5 Å². The number of imide groups is 1. The second kappa shape index (κ2) is 4.67.